The van der Waals surface area contributed by atoms with Gasteiger partial charge < -0.3 is 4.79 Å². The summed E-state index contributed by atoms with van der Waals surface area (Å²) in [5, 5.41) is 6.93. The highest BCUT2D eigenvalue weighted by Gasteiger charge is 2.39. The van der Waals surface area contributed by atoms with Crippen molar-refractivity contribution in [3.8, 4) is 0 Å². The van der Waals surface area contributed by atoms with Crippen LogP contribution in [0.4, 0.5) is 8.78 Å². The molecule has 1 aliphatic carbocycles. The number of allylic oxidation sites excluding steroid dienone is 8. The van der Waals surface area contributed by atoms with E-state index in [9.17, 15) is 22.0 Å². The summed E-state index contributed by atoms with van der Waals surface area (Å²) in [5.41, 5.74) is 3.29. The maximum atomic E-state index is 13.2. The lowest BCUT2D eigenvalue weighted by atomic mass is 9.73. The summed E-state index contributed by atoms with van der Waals surface area (Å²) in [6, 6.07) is 5.03. The molecule has 2 atom stereocenters. The highest BCUT2D eigenvalue weighted by molar-refractivity contribution is 7.89. The van der Waals surface area contributed by atoms with Gasteiger partial charge in [-0.15, -0.1) is 0 Å². The third kappa shape index (κ3) is 10.1. The second-order valence-electron chi connectivity index (χ2n) is 9.40. The first kappa shape index (κ1) is 33.9. The molecular formula is C30H41F2N3O3S. The van der Waals surface area contributed by atoms with E-state index < -0.39 is 20.7 Å². The normalized spacial score (nSPS) is 20.7. The van der Waals surface area contributed by atoms with Crippen molar-refractivity contribution >= 4 is 16.3 Å². The predicted molar refractivity (Wildman–Crippen MR) is 154 cm³/mol. The number of halogens is 2. The Morgan fingerprint density at radius 1 is 1.23 bits per heavy atom. The Kier molecular flexibility index (Phi) is 14.5. The molecule has 0 aliphatic heterocycles. The van der Waals surface area contributed by atoms with E-state index in [0.29, 0.717) is 11.7 Å². The molecule has 3 rings (SSSR count). The summed E-state index contributed by atoms with van der Waals surface area (Å²) in [5.74, 6) is -0.248. The first-order valence-electron chi connectivity index (χ1n) is 12.9. The third-order valence-corrected chi connectivity index (χ3v) is 8.69. The summed E-state index contributed by atoms with van der Waals surface area (Å²) in [6.45, 7) is 10.2. The lowest BCUT2D eigenvalue weighted by Gasteiger charge is -2.30. The Balaban J connectivity index is 0.000000304. The van der Waals surface area contributed by atoms with Crippen LogP contribution in [0.2, 0.25) is 0 Å². The number of aldehydes is 1. The molecule has 1 aromatic carbocycles. The number of hydrogen-bond donors (Lipinski definition) is 1. The van der Waals surface area contributed by atoms with E-state index in [-0.39, 0.29) is 12.4 Å². The fourth-order valence-electron chi connectivity index (χ4n) is 4.23. The smallest absolute Gasteiger partial charge is 0.246 e. The van der Waals surface area contributed by atoms with Crippen molar-refractivity contribution in [1.82, 2.24) is 14.5 Å². The summed E-state index contributed by atoms with van der Waals surface area (Å²) in [6.07, 6.45) is 18.6. The fraction of sp³-hybridized carbons (Fsp3) is 0.400. The second-order valence-corrected chi connectivity index (χ2v) is 11.4. The van der Waals surface area contributed by atoms with Gasteiger partial charge in [-0.3, -0.25) is 5.10 Å². The Morgan fingerprint density at radius 3 is 2.46 bits per heavy atom. The minimum Gasteiger partial charge on any atom is -0.302 e. The quantitative estimate of drug-likeness (QED) is 0.214. The average Bonchev–Trinajstić information content (AvgIpc) is 3.52. The predicted octanol–water partition coefficient (Wildman–Crippen LogP) is 6.97. The molecule has 0 bridgehead atoms. The van der Waals surface area contributed by atoms with Crippen molar-refractivity contribution in [3.63, 3.8) is 0 Å². The van der Waals surface area contributed by atoms with Crippen LogP contribution in [0.1, 0.15) is 53.0 Å². The molecule has 1 aliphatic rings. The number of sulfonamides is 1. The van der Waals surface area contributed by atoms with Crippen molar-refractivity contribution in [2.24, 2.45) is 11.3 Å². The van der Waals surface area contributed by atoms with Gasteiger partial charge in [0.25, 0.3) is 0 Å². The van der Waals surface area contributed by atoms with Gasteiger partial charge in [-0.05, 0) is 75.1 Å². The summed E-state index contributed by atoms with van der Waals surface area (Å²) in [4.78, 5) is 9.76. The minimum atomic E-state index is -3.90. The van der Waals surface area contributed by atoms with E-state index in [0.717, 1.165) is 28.8 Å². The van der Waals surface area contributed by atoms with Gasteiger partial charge in [0.1, 0.15) is 22.8 Å². The van der Waals surface area contributed by atoms with Gasteiger partial charge in [0.2, 0.25) is 10.0 Å². The van der Waals surface area contributed by atoms with Crippen LogP contribution in [0.3, 0.4) is 0 Å². The van der Waals surface area contributed by atoms with Gasteiger partial charge in [-0.25, -0.2) is 17.2 Å². The Hall–Kier alpha value is -3.17. The molecule has 39 heavy (non-hydrogen) atoms. The van der Waals surface area contributed by atoms with Gasteiger partial charge in [0.05, 0.1) is 12.7 Å². The van der Waals surface area contributed by atoms with Gasteiger partial charge in [-0.2, -0.15) is 9.40 Å². The fourth-order valence-corrected chi connectivity index (χ4v) is 5.39. The van der Waals surface area contributed by atoms with E-state index in [1.54, 1.807) is 24.6 Å². The van der Waals surface area contributed by atoms with Crippen LogP contribution in [0.5, 0.6) is 0 Å². The summed E-state index contributed by atoms with van der Waals surface area (Å²) in [7, 11) is -2.69. The Labute approximate surface area is 232 Å². The molecule has 0 radical (unpaired) electrons. The van der Waals surface area contributed by atoms with E-state index in [1.165, 1.54) is 49.7 Å². The van der Waals surface area contributed by atoms with Crippen LogP contribution in [0.25, 0.3) is 0 Å². The minimum absolute atomic E-state index is 0.201. The molecule has 0 amide bonds. The lowest BCUT2D eigenvalue weighted by molar-refractivity contribution is -0.107. The van der Waals surface area contributed by atoms with Crippen LogP contribution in [-0.4, -0.2) is 42.8 Å². The summed E-state index contributed by atoms with van der Waals surface area (Å²) < 4.78 is 49.5. The zero-order valence-corrected chi connectivity index (χ0v) is 24.5. The number of benzene rings is 1. The zero-order chi connectivity index (χ0) is 29.5. The molecule has 1 heterocycles. The van der Waals surface area contributed by atoms with Gasteiger partial charge in [0.15, 0.2) is 0 Å². The standard InChI is InChI=1S/C13H20N2.C9H10FNO3S.C8H11F/c1-4-12-6-5-10(2)13(12,3)7-11-8-14-15-9-11;1-11(6-7-12)15(13,14)9-5-3-2-4-8(9)10;1-3-5-6-7-8(9)4-2/h4,8-10H,5-7H2,1-3H3,(H,14,15);2-5,7H,6H2,1H3;3-7H,1-2H3/b12-4-;;5-3-,7-6-,8-4+/t10-,13?;;/m0../s1. The number of aromatic amines is 1. The van der Waals surface area contributed by atoms with Crippen molar-refractivity contribution in [2.45, 2.75) is 58.8 Å². The molecule has 1 saturated carbocycles. The van der Waals surface area contributed by atoms with Crippen molar-refractivity contribution in [2.75, 3.05) is 13.6 Å². The number of hydrogen-bond acceptors (Lipinski definition) is 4. The van der Waals surface area contributed by atoms with Crippen LogP contribution in [0, 0.1) is 17.2 Å². The van der Waals surface area contributed by atoms with Gasteiger partial charge in [-0.1, -0.05) is 61.9 Å². The molecule has 1 N–H and O–H groups in total. The zero-order valence-electron chi connectivity index (χ0n) is 23.7. The van der Waals surface area contributed by atoms with Gasteiger partial charge in [0, 0.05) is 13.2 Å². The van der Waals surface area contributed by atoms with Crippen LogP contribution < -0.4 is 0 Å². The molecule has 1 unspecified atom stereocenters. The van der Waals surface area contributed by atoms with Crippen molar-refractivity contribution < 1.29 is 22.0 Å². The molecule has 0 spiro atoms. The second kappa shape index (κ2) is 16.7. The molecule has 214 valence electrons. The van der Waals surface area contributed by atoms with Crippen molar-refractivity contribution in [3.05, 3.63) is 95.9 Å². The number of nitrogens with zero attached hydrogens (tertiary/aromatic N) is 2. The van der Waals surface area contributed by atoms with E-state index >= 15 is 0 Å². The maximum Gasteiger partial charge on any atom is 0.246 e. The molecule has 9 heteroatoms. The number of H-pyrrole nitrogens is 1. The molecular weight excluding hydrogens is 520 g/mol. The highest BCUT2D eigenvalue weighted by atomic mass is 32.2. The SMILES string of the molecule is C/C=C1/CC[C@H](C)C1(C)Cc1cn[nH]c1.CN(CC=O)S(=O)(=O)c1ccccc1F.C\C=C/C=C\C(F)=C/C. The van der Waals surface area contributed by atoms with E-state index in [2.05, 4.69) is 37.0 Å². The largest absolute Gasteiger partial charge is 0.302 e. The lowest BCUT2D eigenvalue weighted by Crippen LogP contribution is -2.29. The number of likely N-dealkylation sites (N-methyl/N-ethyl adjacent to an activating group) is 1. The number of nitrogens with one attached hydrogen (secondary N) is 1. The monoisotopic (exact) mass is 561 g/mol. The van der Waals surface area contributed by atoms with Crippen LogP contribution >= 0.6 is 0 Å². The Morgan fingerprint density at radius 2 is 1.92 bits per heavy atom. The number of carbonyl (C=O) groups excluding carboxylic acids is 1. The number of rotatable bonds is 8. The first-order valence-corrected chi connectivity index (χ1v) is 14.3. The van der Waals surface area contributed by atoms with Crippen molar-refractivity contribution in [1.29, 1.82) is 0 Å². The number of aromatic nitrogens is 2. The average molecular weight is 562 g/mol. The number of carbonyl (C=O) groups is 1. The summed E-state index contributed by atoms with van der Waals surface area (Å²) >= 11 is 0. The molecule has 1 aromatic heterocycles. The van der Waals surface area contributed by atoms with Crippen LogP contribution in [0.15, 0.2) is 89.4 Å². The van der Waals surface area contributed by atoms with E-state index in [4.69, 9.17) is 0 Å². The molecule has 0 saturated heterocycles. The third-order valence-electron chi connectivity index (χ3n) is 6.83. The van der Waals surface area contributed by atoms with Gasteiger partial charge >= 0.3 is 0 Å². The topological polar surface area (TPSA) is 83.1 Å². The molecule has 6 nitrogen and oxygen atoms in total. The molecule has 1 fully saturated rings. The maximum absolute atomic E-state index is 13.2. The first-order chi connectivity index (χ1) is 18.5. The van der Waals surface area contributed by atoms with Crippen LogP contribution in [-0.2, 0) is 21.2 Å². The highest BCUT2D eigenvalue weighted by Crippen LogP contribution is 2.49. The van der Waals surface area contributed by atoms with E-state index in [1.807, 2.05) is 25.4 Å². The Bertz CT molecular complexity index is 1250. The molecule has 2 aromatic rings.